The number of benzene rings is 1. The predicted octanol–water partition coefficient (Wildman–Crippen LogP) is 0.657. The number of hydrogen-bond acceptors (Lipinski definition) is 6. The van der Waals surface area contributed by atoms with Gasteiger partial charge in [-0.05, 0) is 31.2 Å². The smallest absolute Gasteiger partial charge is 0.332 e. The number of ether oxygens (including phenoxy) is 1. The Bertz CT molecular complexity index is 1210. The van der Waals surface area contributed by atoms with Gasteiger partial charge < -0.3 is 14.6 Å². The highest BCUT2D eigenvalue weighted by atomic mass is 35.5. The SMILES string of the molecule is C[C@H](OC(=O)Cn1cnc2c1c(=O)n(C)c(=O)n2C)C(=O)Nc1ccc(Cl)cc1. The van der Waals surface area contributed by atoms with Crippen molar-refractivity contribution in [3.05, 3.63) is 56.5 Å². The highest BCUT2D eigenvalue weighted by Gasteiger charge is 2.20. The molecule has 3 aromatic rings. The first-order valence-electron chi connectivity index (χ1n) is 8.55. The summed E-state index contributed by atoms with van der Waals surface area (Å²) in [5, 5.41) is 3.13. The Hall–Kier alpha value is -3.40. The Morgan fingerprint density at radius 1 is 1.17 bits per heavy atom. The summed E-state index contributed by atoms with van der Waals surface area (Å²) in [5.74, 6) is -1.26. The maximum Gasteiger partial charge on any atom is 0.332 e. The number of rotatable bonds is 5. The number of carbonyl (C=O) groups excluding carboxylic acids is 2. The molecule has 1 atom stereocenters. The quantitative estimate of drug-likeness (QED) is 0.607. The van der Waals surface area contributed by atoms with E-state index in [1.165, 1.54) is 36.5 Å². The number of aromatic nitrogens is 4. The molecule has 1 N–H and O–H groups in total. The average molecular weight is 420 g/mol. The number of anilines is 1. The molecule has 0 aliphatic rings. The maximum absolute atomic E-state index is 12.4. The molecular formula is C18H18ClN5O5. The van der Waals surface area contributed by atoms with E-state index < -0.39 is 29.2 Å². The summed E-state index contributed by atoms with van der Waals surface area (Å²) in [4.78, 5) is 52.8. The van der Waals surface area contributed by atoms with Crippen molar-refractivity contribution in [1.82, 2.24) is 18.7 Å². The van der Waals surface area contributed by atoms with E-state index in [2.05, 4.69) is 10.3 Å². The zero-order valence-corrected chi connectivity index (χ0v) is 16.6. The second-order valence-electron chi connectivity index (χ2n) is 6.38. The summed E-state index contributed by atoms with van der Waals surface area (Å²) in [5.41, 5.74) is -0.360. The van der Waals surface area contributed by atoms with Gasteiger partial charge in [-0.15, -0.1) is 0 Å². The number of esters is 1. The first-order chi connectivity index (χ1) is 13.7. The van der Waals surface area contributed by atoms with Gasteiger partial charge in [-0.25, -0.2) is 9.78 Å². The Kier molecular flexibility index (Phi) is 5.55. The van der Waals surface area contributed by atoms with Crippen LogP contribution in [0, 0.1) is 0 Å². The molecule has 0 radical (unpaired) electrons. The number of amides is 1. The van der Waals surface area contributed by atoms with Crippen LogP contribution >= 0.6 is 11.6 Å². The van der Waals surface area contributed by atoms with E-state index in [4.69, 9.17) is 16.3 Å². The van der Waals surface area contributed by atoms with Crippen molar-refractivity contribution < 1.29 is 14.3 Å². The van der Waals surface area contributed by atoms with Crippen LogP contribution in [0.2, 0.25) is 5.02 Å². The summed E-state index contributed by atoms with van der Waals surface area (Å²) >= 11 is 5.80. The van der Waals surface area contributed by atoms with Crippen LogP contribution in [-0.4, -0.2) is 36.7 Å². The van der Waals surface area contributed by atoms with Crippen LogP contribution in [-0.2, 0) is 35.0 Å². The third-order valence-corrected chi connectivity index (χ3v) is 4.56. The van der Waals surface area contributed by atoms with Crippen LogP contribution in [0.1, 0.15) is 6.92 Å². The fourth-order valence-corrected chi connectivity index (χ4v) is 2.85. The Balaban J connectivity index is 1.72. The molecule has 1 amide bonds. The van der Waals surface area contributed by atoms with Crippen molar-refractivity contribution in [2.45, 2.75) is 19.6 Å². The largest absolute Gasteiger partial charge is 0.451 e. The minimum atomic E-state index is -1.07. The van der Waals surface area contributed by atoms with Gasteiger partial charge in [-0.1, -0.05) is 11.6 Å². The van der Waals surface area contributed by atoms with E-state index in [9.17, 15) is 19.2 Å². The number of carbonyl (C=O) groups is 2. The van der Waals surface area contributed by atoms with E-state index in [0.717, 1.165) is 4.57 Å². The van der Waals surface area contributed by atoms with Gasteiger partial charge in [-0.3, -0.25) is 23.5 Å². The number of aryl methyl sites for hydroxylation is 1. The normalized spacial score (nSPS) is 12.0. The molecule has 2 heterocycles. The zero-order chi connectivity index (χ0) is 21.3. The number of nitrogens with one attached hydrogen (secondary N) is 1. The fraction of sp³-hybridized carbons (Fsp3) is 0.278. The van der Waals surface area contributed by atoms with Crippen molar-refractivity contribution in [2.24, 2.45) is 14.1 Å². The van der Waals surface area contributed by atoms with Gasteiger partial charge in [0.25, 0.3) is 11.5 Å². The van der Waals surface area contributed by atoms with Crippen LogP contribution in [0.5, 0.6) is 0 Å². The number of imidazole rings is 1. The van der Waals surface area contributed by atoms with Crippen LogP contribution in [0.4, 0.5) is 5.69 Å². The third kappa shape index (κ3) is 4.06. The molecule has 0 fully saturated rings. The van der Waals surface area contributed by atoms with Crippen LogP contribution < -0.4 is 16.6 Å². The van der Waals surface area contributed by atoms with Crippen molar-refractivity contribution >= 4 is 40.3 Å². The third-order valence-electron chi connectivity index (χ3n) is 4.31. The molecule has 0 saturated carbocycles. The maximum atomic E-state index is 12.4. The molecule has 0 spiro atoms. The second kappa shape index (κ2) is 7.92. The summed E-state index contributed by atoms with van der Waals surface area (Å²) < 4.78 is 8.57. The second-order valence-corrected chi connectivity index (χ2v) is 6.82. The molecule has 2 aromatic heterocycles. The van der Waals surface area contributed by atoms with Gasteiger partial charge in [-0.2, -0.15) is 0 Å². The first kappa shape index (κ1) is 20.3. The molecule has 0 unspecified atom stereocenters. The van der Waals surface area contributed by atoms with Gasteiger partial charge in [0.1, 0.15) is 6.54 Å². The van der Waals surface area contributed by atoms with Gasteiger partial charge in [0.15, 0.2) is 17.3 Å². The highest BCUT2D eigenvalue weighted by Crippen LogP contribution is 2.14. The summed E-state index contributed by atoms with van der Waals surface area (Å²) in [6, 6.07) is 6.47. The zero-order valence-electron chi connectivity index (χ0n) is 15.9. The Morgan fingerprint density at radius 3 is 2.48 bits per heavy atom. The lowest BCUT2D eigenvalue weighted by Gasteiger charge is -2.14. The first-order valence-corrected chi connectivity index (χ1v) is 8.93. The average Bonchev–Trinajstić information content (AvgIpc) is 3.09. The minimum absolute atomic E-state index is 0.0878. The number of halogens is 1. The summed E-state index contributed by atoms with van der Waals surface area (Å²) in [6.45, 7) is 1.08. The monoisotopic (exact) mass is 419 g/mol. The number of fused-ring (bicyclic) bond motifs is 1. The molecule has 10 nitrogen and oxygen atoms in total. The lowest BCUT2D eigenvalue weighted by molar-refractivity contribution is -0.153. The Morgan fingerprint density at radius 2 is 1.83 bits per heavy atom. The predicted molar refractivity (Wildman–Crippen MR) is 106 cm³/mol. The molecule has 0 aliphatic heterocycles. The van der Waals surface area contributed by atoms with E-state index in [0.29, 0.717) is 10.7 Å². The van der Waals surface area contributed by atoms with Crippen LogP contribution in [0.25, 0.3) is 11.2 Å². The molecule has 0 bridgehead atoms. The molecule has 0 saturated heterocycles. The summed E-state index contributed by atoms with van der Waals surface area (Å²) in [7, 11) is 2.81. The van der Waals surface area contributed by atoms with Gasteiger partial charge >= 0.3 is 11.7 Å². The minimum Gasteiger partial charge on any atom is -0.451 e. The lowest BCUT2D eigenvalue weighted by atomic mass is 10.3. The molecule has 1 aromatic carbocycles. The molecular weight excluding hydrogens is 402 g/mol. The number of hydrogen-bond donors (Lipinski definition) is 1. The fourth-order valence-electron chi connectivity index (χ4n) is 2.72. The van der Waals surface area contributed by atoms with E-state index in [1.54, 1.807) is 24.3 Å². The van der Waals surface area contributed by atoms with Crippen molar-refractivity contribution in [2.75, 3.05) is 5.32 Å². The Labute approximate surface area is 169 Å². The molecule has 152 valence electrons. The van der Waals surface area contributed by atoms with Gasteiger partial charge in [0.05, 0.1) is 6.33 Å². The molecule has 3 rings (SSSR count). The topological polar surface area (TPSA) is 117 Å². The van der Waals surface area contributed by atoms with Gasteiger partial charge in [0, 0.05) is 24.8 Å². The lowest BCUT2D eigenvalue weighted by Crippen LogP contribution is -2.38. The van der Waals surface area contributed by atoms with Crippen LogP contribution in [0.3, 0.4) is 0 Å². The van der Waals surface area contributed by atoms with Gasteiger partial charge in [0.2, 0.25) is 0 Å². The summed E-state index contributed by atoms with van der Waals surface area (Å²) in [6.07, 6.45) is 0.200. The van der Waals surface area contributed by atoms with E-state index in [-0.39, 0.29) is 17.7 Å². The van der Waals surface area contributed by atoms with Crippen molar-refractivity contribution in [3.8, 4) is 0 Å². The molecule has 11 heteroatoms. The highest BCUT2D eigenvalue weighted by molar-refractivity contribution is 6.30. The van der Waals surface area contributed by atoms with Crippen molar-refractivity contribution in [1.29, 1.82) is 0 Å². The molecule has 0 aliphatic carbocycles. The van der Waals surface area contributed by atoms with E-state index in [1.807, 2.05) is 0 Å². The number of nitrogens with zero attached hydrogens (tertiary/aromatic N) is 4. The standard InChI is InChI=1S/C18H18ClN5O5/c1-10(16(26)21-12-6-4-11(19)5-7-12)29-13(25)8-24-9-20-15-14(24)17(27)23(3)18(28)22(15)2/h4-7,9-10H,8H2,1-3H3,(H,21,26)/t10-/m0/s1. The van der Waals surface area contributed by atoms with E-state index >= 15 is 0 Å². The molecule has 29 heavy (non-hydrogen) atoms. The van der Waals surface area contributed by atoms with Crippen LogP contribution in [0.15, 0.2) is 40.2 Å². The van der Waals surface area contributed by atoms with Crippen molar-refractivity contribution in [3.63, 3.8) is 0 Å².